The molecule has 4 heterocycles. The molecule has 1 aromatic carbocycles. The zero-order chi connectivity index (χ0) is 25.4. The fraction of sp³-hybridized carbons (Fsp3) is 0.435. The molecule has 2 saturated heterocycles. The van der Waals surface area contributed by atoms with Gasteiger partial charge in [0.25, 0.3) is 16.1 Å². The van der Waals surface area contributed by atoms with Gasteiger partial charge in [0.2, 0.25) is 0 Å². The van der Waals surface area contributed by atoms with Gasteiger partial charge in [-0.3, -0.25) is 4.79 Å². The molecule has 2 aliphatic heterocycles. The summed E-state index contributed by atoms with van der Waals surface area (Å²) in [6.45, 7) is 2.82. The second-order valence-electron chi connectivity index (χ2n) is 9.46. The molecule has 200 valence electrons. The van der Waals surface area contributed by atoms with Crippen molar-refractivity contribution in [3.05, 3.63) is 54.0 Å². The zero-order valence-electron chi connectivity index (χ0n) is 20.3. The molecule has 2 aromatic heterocycles. The zero-order valence-corrected chi connectivity index (χ0v) is 21.9. The minimum Gasteiger partial charge on any atom is -0.370 e. The largest absolute Gasteiger partial charge is 0.370 e. The van der Waals surface area contributed by atoms with E-state index < -0.39 is 21.9 Å². The number of fused-ring (bicyclic) bond motifs is 1. The van der Waals surface area contributed by atoms with E-state index in [2.05, 4.69) is 32.0 Å². The van der Waals surface area contributed by atoms with Crippen LogP contribution in [0.25, 0.3) is 5.65 Å². The van der Waals surface area contributed by atoms with Gasteiger partial charge in [-0.15, -0.1) is 12.4 Å². The first-order chi connectivity index (χ1) is 17.2. The van der Waals surface area contributed by atoms with E-state index in [4.69, 9.17) is 5.14 Å². The van der Waals surface area contributed by atoms with E-state index in [1.807, 2.05) is 4.90 Å². The monoisotopic (exact) mass is 552 g/mol. The number of imidazole rings is 1. The van der Waals surface area contributed by atoms with Gasteiger partial charge in [-0.05, 0) is 51.1 Å². The molecule has 14 heteroatoms. The molecule has 1 unspecified atom stereocenters. The highest BCUT2D eigenvalue weighted by molar-refractivity contribution is 7.87. The average Bonchev–Trinajstić information content (AvgIpc) is 3.47. The number of carbonyl (C=O) groups excluding carboxylic acids is 1. The lowest BCUT2D eigenvalue weighted by molar-refractivity contribution is 0.102. The number of nitrogens with two attached hydrogens (primary N) is 1. The van der Waals surface area contributed by atoms with Gasteiger partial charge < -0.3 is 19.5 Å². The number of anilines is 2. The van der Waals surface area contributed by atoms with Gasteiger partial charge in [-0.1, -0.05) is 0 Å². The minimum absolute atomic E-state index is 0. The summed E-state index contributed by atoms with van der Waals surface area (Å²) in [6, 6.07) is 3.97. The SMILES string of the molecule is CN1CCC(c2nc(C(=O)Nc3cc(F)ccc3N3CCC(NS(N)(=O)=O)CC3)cn3ccnc23)C1.Cl. The Morgan fingerprint density at radius 2 is 1.95 bits per heavy atom. The molecule has 3 aromatic rings. The molecule has 0 radical (unpaired) electrons. The number of rotatable bonds is 6. The van der Waals surface area contributed by atoms with Crippen molar-refractivity contribution in [2.75, 3.05) is 43.4 Å². The average molecular weight is 553 g/mol. The van der Waals surface area contributed by atoms with E-state index in [0.717, 1.165) is 30.9 Å². The Bertz CT molecular complexity index is 1390. The Morgan fingerprint density at radius 1 is 1.19 bits per heavy atom. The lowest BCUT2D eigenvalue weighted by Gasteiger charge is -2.34. The number of nitrogens with one attached hydrogen (secondary N) is 2. The van der Waals surface area contributed by atoms with E-state index in [1.165, 1.54) is 12.1 Å². The summed E-state index contributed by atoms with van der Waals surface area (Å²) in [5.74, 6) is -0.756. The van der Waals surface area contributed by atoms with Crippen LogP contribution in [0.15, 0.2) is 36.8 Å². The Kier molecular flexibility index (Phi) is 7.99. The number of nitrogens with zero attached hydrogens (tertiary/aromatic N) is 5. The van der Waals surface area contributed by atoms with Crippen molar-refractivity contribution in [1.82, 2.24) is 24.0 Å². The molecule has 1 atom stereocenters. The summed E-state index contributed by atoms with van der Waals surface area (Å²) in [4.78, 5) is 26.6. The molecular weight excluding hydrogens is 523 g/mol. The molecule has 0 aliphatic carbocycles. The van der Waals surface area contributed by atoms with Gasteiger partial charge in [0.05, 0.1) is 17.1 Å². The second kappa shape index (κ2) is 10.9. The van der Waals surface area contributed by atoms with Crippen molar-refractivity contribution in [3.63, 3.8) is 0 Å². The van der Waals surface area contributed by atoms with E-state index >= 15 is 0 Å². The molecule has 4 N–H and O–H groups in total. The van der Waals surface area contributed by atoms with Crippen molar-refractivity contribution in [2.45, 2.75) is 31.2 Å². The maximum Gasteiger partial charge on any atom is 0.275 e. The number of aromatic nitrogens is 3. The Balaban J connectivity index is 0.00000320. The van der Waals surface area contributed by atoms with Crippen LogP contribution in [0.4, 0.5) is 15.8 Å². The lowest BCUT2D eigenvalue weighted by atomic mass is 10.0. The van der Waals surface area contributed by atoms with Gasteiger partial charge in [0.15, 0.2) is 5.65 Å². The van der Waals surface area contributed by atoms with Crippen molar-refractivity contribution in [2.24, 2.45) is 5.14 Å². The first kappa shape index (κ1) is 27.2. The Morgan fingerprint density at radius 3 is 2.62 bits per heavy atom. The van der Waals surface area contributed by atoms with Crippen LogP contribution < -0.4 is 20.1 Å². The lowest BCUT2D eigenvalue weighted by Crippen LogP contribution is -2.46. The minimum atomic E-state index is -3.78. The molecule has 2 aliphatic rings. The van der Waals surface area contributed by atoms with Crippen molar-refractivity contribution < 1.29 is 17.6 Å². The van der Waals surface area contributed by atoms with Crippen LogP contribution in [0.3, 0.4) is 0 Å². The number of amides is 1. The van der Waals surface area contributed by atoms with E-state index in [-0.39, 0.29) is 30.1 Å². The number of hydrogen-bond acceptors (Lipinski definition) is 7. The van der Waals surface area contributed by atoms with Crippen LogP contribution in [-0.2, 0) is 10.2 Å². The van der Waals surface area contributed by atoms with Crippen LogP contribution in [0.2, 0.25) is 0 Å². The smallest absolute Gasteiger partial charge is 0.275 e. The number of likely N-dealkylation sites (N-methyl/N-ethyl adjacent to an activating group) is 1. The van der Waals surface area contributed by atoms with Gasteiger partial charge in [0, 0.05) is 50.2 Å². The summed E-state index contributed by atoms with van der Waals surface area (Å²) in [5.41, 5.74) is 2.71. The maximum atomic E-state index is 14.2. The summed E-state index contributed by atoms with van der Waals surface area (Å²) in [6.07, 6.45) is 7.08. The topological polar surface area (TPSA) is 138 Å². The summed E-state index contributed by atoms with van der Waals surface area (Å²) in [5, 5.41) is 7.93. The summed E-state index contributed by atoms with van der Waals surface area (Å²) < 4.78 is 41.1. The van der Waals surface area contributed by atoms with Gasteiger partial charge in [0.1, 0.15) is 11.5 Å². The molecule has 1 amide bonds. The number of halogens is 2. The molecule has 0 spiro atoms. The number of likely N-dealkylation sites (tertiary alicyclic amines) is 1. The van der Waals surface area contributed by atoms with Crippen LogP contribution in [0, 0.1) is 5.82 Å². The highest BCUT2D eigenvalue weighted by atomic mass is 35.5. The molecule has 11 nitrogen and oxygen atoms in total. The van der Waals surface area contributed by atoms with Gasteiger partial charge in [-0.25, -0.2) is 19.5 Å². The second-order valence-corrected chi connectivity index (χ2v) is 10.8. The van der Waals surface area contributed by atoms with Crippen LogP contribution in [0.1, 0.15) is 41.4 Å². The van der Waals surface area contributed by atoms with E-state index in [1.54, 1.807) is 29.1 Å². The predicted molar refractivity (Wildman–Crippen MR) is 141 cm³/mol. The third-order valence-electron chi connectivity index (χ3n) is 6.78. The fourth-order valence-electron chi connectivity index (χ4n) is 5.04. The molecule has 5 rings (SSSR count). The van der Waals surface area contributed by atoms with Crippen LogP contribution in [0.5, 0.6) is 0 Å². The number of benzene rings is 1. The fourth-order valence-corrected chi connectivity index (χ4v) is 5.74. The highest BCUT2D eigenvalue weighted by Crippen LogP contribution is 2.31. The van der Waals surface area contributed by atoms with Crippen molar-refractivity contribution in [1.29, 1.82) is 0 Å². The van der Waals surface area contributed by atoms with E-state index in [9.17, 15) is 17.6 Å². The third-order valence-corrected chi connectivity index (χ3v) is 7.45. The van der Waals surface area contributed by atoms with Gasteiger partial charge in [-0.2, -0.15) is 13.1 Å². The molecule has 0 saturated carbocycles. The number of carbonyl (C=O) groups is 1. The van der Waals surface area contributed by atoms with Crippen molar-refractivity contribution in [3.8, 4) is 0 Å². The summed E-state index contributed by atoms with van der Waals surface area (Å²) in [7, 11) is -1.73. The van der Waals surface area contributed by atoms with E-state index in [0.29, 0.717) is 37.3 Å². The molecule has 0 bridgehead atoms. The molecule has 37 heavy (non-hydrogen) atoms. The quantitative estimate of drug-likeness (QED) is 0.423. The predicted octanol–water partition coefficient (Wildman–Crippen LogP) is 1.72. The van der Waals surface area contributed by atoms with Crippen LogP contribution in [-0.4, -0.2) is 72.9 Å². The summed E-state index contributed by atoms with van der Waals surface area (Å²) >= 11 is 0. The highest BCUT2D eigenvalue weighted by Gasteiger charge is 2.27. The molecular formula is C23H30ClFN8O3S. The Hall–Kier alpha value is -2.84. The Labute approximate surface area is 220 Å². The van der Waals surface area contributed by atoms with Gasteiger partial charge >= 0.3 is 0 Å². The molecule has 2 fully saturated rings. The van der Waals surface area contributed by atoms with Crippen molar-refractivity contribution >= 4 is 45.5 Å². The number of piperidine rings is 1. The first-order valence-corrected chi connectivity index (χ1v) is 13.4. The normalized spacial score (nSPS) is 19.2. The standard InChI is InChI=1S/C23H29FN8O3S.ClH/c1-30-8-4-15(13-30)21-22-26-7-11-32(22)14-19(27-21)23(33)28-18-12-16(24)2-3-20(18)31-9-5-17(6-10-31)29-36(25,34)35;/h2-3,7,11-12,14-15,17,29H,4-6,8-10,13H2,1H3,(H,28,33)(H2,25,34,35);1H. The maximum absolute atomic E-state index is 14.2. The first-order valence-electron chi connectivity index (χ1n) is 11.8. The third kappa shape index (κ3) is 6.18. The number of hydrogen-bond donors (Lipinski definition) is 3. The van der Waals surface area contributed by atoms with Crippen LogP contribution >= 0.6 is 12.4 Å².